The number of carbonyl (C=O) groups is 2. The van der Waals surface area contributed by atoms with Crippen LogP contribution in [0.1, 0.15) is 26.4 Å². The van der Waals surface area contributed by atoms with Crippen molar-refractivity contribution in [2.75, 3.05) is 5.32 Å². The van der Waals surface area contributed by atoms with Gasteiger partial charge in [-0.1, -0.05) is 0 Å². The Bertz CT molecular complexity index is 1190. The second kappa shape index (κ2) is 6.32. The third-order valence-electron chi connectivity index (χ3n) is 3.98. The average molecular weight is 382 g/mol. The standard InChI is InChI=1S/C17H14N6O3S/c1-9-12(3-10(4-18-9)17(25)26)21-15(24)11-5-20-23-7-14(27-16(11)23)13-6-22(2)8-19-13/h3-8H,1-2H3,(H,21,24)(H,25,26). The second-order valence-corrected chi connectivity index (χ2v) is 6.97. The predicted molar refractivity (Wildman–Crippen MR) is 99.2 cm³/mol. The Morgan fingerprint density at radius 3 is 2.74 bits per heavy atom. The summed E-state index contributed by atoms with van der Waals surface area (Å²) in [5.74, 6) is -1.49. The first-order chi connectivity index (χ1) is 12.9. The Kier molecular flexibility index (Phi) is 3.96. The minimum atomic E-state index is -1.11. The number of rotatable bonds is 4. The minimum Gasteiger partial charge on any atom is -0.478 e. The van der Waals surface area contributed by atoms with Crippen molar-refractivity contribution in [2.45, 2.75) is 6.92 Å². The number of carboxylic acid groups (broad SMARTS) is 1. The Hall–Kier alpha value is -3.53. The molecule has 27 heavy (non-hydrogen) atoms. The number of amides is 1. The van der Waals surface area contributed by atoms with Crippen molar-refractivity contribution in [1.82, 2.24) is 24.1 Å². The number of aromatic nitrogens is 5. The average Bonchev–Trinajstić information content (AvgIpc) is 3.31. The molecule has 0 spiro atoms. The number of anilines is 1. The Labute approximate surface area is 156 Å². The number of thiazole rings is 1. The molecule has 4 aromatic heterocycles. The second-order valence-electron chi connectivity index (χ2n) is 5.94. The molecule has 0 aromatic carbocycles. The van der Waals surface area contributed by atoms with Crippen LogP contribution in [0.5, 0.6) is 0 Å². The van der Waals surface area contributed by atoms with E-state index in [0.717, 1.165) is 10.6 Å². The summed E-state index contributed by atoms with van der Waals surface area (Å²) in [5.41, 5.74) is 2.07. The summed E-state index contributed by atoms with van der Waals surface area (Å²) in [6.45, 7) is 1.69. The highest BCUT2D eigenvalue weighted by molar-refractivity contribution is 7.21. The highest BCUT2D eigenvalue weighted by Gasteiger charge is 2.18. The molecule has 4 rings (SSSR count). The van der Waals surface area contributed by atoms with Crippen LogP contribution in [0.4, 0.5) is 5.69 Å². The molecule has 0 saturated heterocycles. The molecule has 10 heteroatoms. The van der Waals surface area contributed by atoms with E-state index in [1.807, 2.05) is 24.0 Å². The number of hydrogen-bond acceptors (Lipinski definition) is 6. The highest BCUT2D eigenvalue weighted by Crippen LogP contribution is 2.29. The van der Waals surface area contributed by atoms with Crippen LogP contribution in [0.15, 0.2) is 37.2 Å². The predicted octanol–water partition coefficient (Wildman–Crippen LogP) is 2.45. The van der Waals surface area contributed by atoms with Crippen molar-refractivity contribution < 1.29 is 14.7 Å². The molecule has 0 fully saturated rings. The van der Waals surface area contributed by atoms with E-state index in [1.54, 1.807) is 17.8 Å². The molecule has 0 bridgehead atoms. The fourth-order valence-corrected chi connectivity index (χ4v) is 3.59. The highest BCUT2D eigenvalue weighted by atomic mass is 32.1. The van der Waals surface area contributed by atoms with Gasteiger partial charge in [0, 0.05) is 25.6 Å². The number of nitrogens with one attached hydrogen (secondary N) is 1. The lowest BCUT2D eigenvalue weighted by molar-refractivity contribution is 0.0696. The van der Waals surface area contributed by atoms with Crippen LogP contribution in [0.2, 0.25) is 0 Å². The van der Waals surface area contributed by atoms with Crippen molar-refractivity contribution >= 4 is 33.7 Å². The Morgan fingerprint density at radius 2 is 2.04 bits per heavy atom. The van der Waals surface area contributed by atoms with E-state index in [1.165, 1.54) is 29.8 Å². The first-order valence-corrected chi connectivity index (χ1v) is 8.71. The Morgan fingerprint density at radius 1 is 1.22 bits per heavy atom. The van der Waals surface area contributed by atoms with Gasteiger partial charge in [0.25, 0.3) is 5.91 Å². The van der Waals surface area contributed by atoms with E-state index in [-0.39, 0.29) is 11.5 Å². The number of carbonyl (C=O) groups excluding carboxylic acids is 1. The lowest BCUT2D eigenvalue weighted by Gasteiger charge is -2.07. The summed E-state index contributed by atoms with van der Waals surface area (Å²) in [7, 11) is 1.88. The molecular weight excluding hydrogens is 368 g/mol. The van der Waals surface area contributed by atoms with E-state index in [9.17, 15) is 9.59 Å². The van der Waals surface area contributed by atoms with Gasteiger partial charge in [0.2, 0.25) is 0 Å². The first-order valence-electron chi connectivity index (χ1n) is 7.89. The number of pyridine rings is 1. The number of aryl methyl sites for hydroxylation is 2. The molecule has 4 aromatic rings. The summed E-state index contributed by atoms with van der Waals surface area (Å²) in [4.78, 5) is 33.7. The van der Waals surface area contributed by atoms with Crippen LogP contribution in [-0.4, -0.2) is 41.1 Å². The summed E-state index contributed by atoms with van der Waals surface area (Å²) >= 11 is 1.40. The zero-order valence-electron chi connectivity index (χ0n) is 14.4. The van der Waals surface area contributed by atoms with Crippen LogP contribution in [-0.2, 0) is 7.05 Å². The molecule has 0 unspecified atom stereocenters. The topological polar surface area (TPSA) is 114 Å². The maximum absolute atomic E-state index is 12.7. The molecule has 0 aliphatic heterocycles. The molecule has 0 radical (unpaired) electrons. The zero-order chi connectivity index (χ0) is 19.1. The monoisotopic (exact) mass is 382 g/mol. The molecule has 1 amide bonds. The number of nitrogens with zero attached hydrogens (tertiary/aromatic N) is 5. The smallest absolute Gasteiger partial charge is 0.337 e. The van der Waals surface area contributed by atoms with Gasteiger partial charge in [0.05, 0.1) is 45.6 Å². The summed E-state index contributed by atoms with van der Waals surface area (Å²) in [5, 5.41) is 16.0. The fourth-order valence-electron chi connectivity index (χ4n) is 2.57. The van der Waals surface area contributed by atoms with Crippen LogP contribution in [0, 0.1) is 6.92 Å². The van der Waals surface area contributed by atoms with Gasteiger partial charge < -0.3 is 15.0 Å². The third kappa shape index (κ3) is 3.06. The number of fused-ring (bicyclic) bond motifs is 1. The SMILES string of the molecule is Cc1ncc(C(=O)O)cc1NC(=O)c1cnn2cc(-c3cn(C)cn3)sc12. The molecule has 0 aliphatic rings. The van der Waals surface area contributed by atoms with Gasteiger partial charge in [-0.05, 0) is 13.0 Å². The van der Waals surface area contributed by atoms with Gasteiger partial charge in [-0.3, -0.25) is 9.78 Å². The van der Waals surface area contributed by atoms with Gasteiger partial charge >= 0.3 is 5.97 Å². The molecular formula is C17H14N6O3S. The minimum absolute atomic E-state index is 0.00427. The van der Waals surface area contributed by atoms with E-state index < -0.39 is 5.97 Å². The van der Waals surface area contributed by atoms with E-state index in [0.29, 0.717) is 21.8 Å². The third-order valence-corrected chi connectivity index (χ3v) is 5.11. The quantitative estimate of drug-likeness (QED) is 0.560. The molecule has 0 atom stereocenters. The van der Waals surface area contributed by atoms with Crippen LogP contribution in [0.3, 0.4) is 0 Å². The maximum Gasteiger partial charge on any atom is 0.337 e. The summed E-state index contributed by atoms with van der Waals surface area (Å²) in [6.07, 6.45) is 8.14. The normalized spacial score (nSPS) is 11.0. The maximum atomic E-state index is 12.7. The van der Waals surface area contributed by atoms with E-state index >= 15 is 0 Å². The number of carboxylic acids is 1. The van der Waals surface area contributed by atoms with Gasteiger partial charge in [-0.2, -0.15) is 5.10 Å². The molecule has 0 saturated carbocycles. The number of hydrogen-bond donors (Lipinski definition) is 2. The number of imidazole rings is 1. The molecule has 0 aliphatic carbocycles. The van der Waals surface area contributed by atoms with Gasteiger partial charge in [0.1, 0.15) is 4.83 Å². The molecule has 2 N–H and O–H groups in total. The summed E-state index contributed by atoms with van der Waals surface area (Å²) < 4.78 is 3.47. The van der Waals surface area contributed by atoms with Gasteiger partial charge in [-0.25, -0.2) is 14.3 Å². The summed E-state index contributed by atoms with van der Waals surface area (Å²) in [6, 6.07) is 1.39. The molecule has 136 valence electrons. The van der Waals surface area contributed by atoms with Crippen LogP contribution in [0.25, 0.3) is 15.4 Å². The van der Waals surface area contributed by atoms with Crippen molar-refractivity contribution in [2.24, 2.45) is 7.05 Å². The Balaban J connectivity index is 1.66. The van der Waals surface area contributed by atoms with Crippen molar-refractivity contribution in [3.05, 3.63) is 54.0 Å². The lowest BCUT2D eigenvalue weighted by Crippen LogP contribution is -2.13. The van der Waals surface area contributed by atoms with Crippen molar-refractivity contribution in [3.63, 3.8) is 0 Å². The van der Waals surface area contributed by atoms with Crippen LogP contribution >= 0.6 is 11.3 Å². The van der Waals surface area contributed by atoms with Crippen molar-refractivity contribution in [1.29, 1.82) is 0 Å². The zero-order valence-corrected chi connectivity index (χ0v) is 15.2. The van der Waals surface area contributed by atoms with E-state index in [4.69, 9.17) is 5.11 Å². The largest absolute Gasteiger partial charge is 0.478 e. The van der Waals surface area contributed by atoms with Crippen LogP contribution < -0.4 is 5.32 Å². The number of aromatic carboxylic acids is 1. The van der Waals surface area contributed by atoms with E-state index in [2.05, 4.69) is 20.4 Å². The first kappa shape index (κ1) is 16.9. The molecule has 4 heterocycles. The fraction of sp³-hybridized carbons (Fsp3) is 0.118. The van der Waals surface area contributed by atoms with Gasteiger partial charge in [0.15, 0.2) is 0 Å². The lowest BCUT2D eigenvalue weighted by atomic mass is 10.2. The van der Waals surface area contributed by atoms with Gasteiger partial charge in [-0.15, -0.1) is 11.3 Å². The van der Waals surface area contributed by atoms with Crippen molar-refractivity contribution in [3.8, 4) is 10.6 Å². The molecule has 9 nitrogen and oxygen atoms in total.